The summed E-state index contributed by atoms with van der Waals surface area (Å²) >= 11 is 0. The molecule has 0 radical (unpaired) electrons. The lowest BCUT2D eigenvalue weighted by atomic mass is 10.0. The normalized spacial score (nSPS) is 12.3. The first-order valence-corrected chi connectivity index (χ1v) is 6.72. The standard InChI is InChI=1S/C16H21NO2/c1-3-8-17-16(14-7-9-19-12-14)11-13-5-4-6-15(10-13)18-2/h4-7,9-10,12,16-17H,3,8,11H2,1-2H3. The van der Waals surface area contributed by atoms with Crippen LogP contribution in [0, 0.1) is 0 Å². The van der Waals surface area contributed by atoms with Gasteiger partial charge in [-0.1, -0.05) is 19.1 Å². The third-order valence-corrected chi connectivity index (χ3v) is 3.16. The molecule has 102 valence electrons. The van der Waals surface area contributed by atoms with E-state index in [1.807, 2.05) is 24.5 Å². The summed E-state index contributed by atoms with van der Waals surface area (Å²) in [5.41, 5.74) is 2.45. The molecule has 0 fully saturated rings. The number of hydrogen-bond donors (Lipinski definition) is 1. The molecule has 0 amide bonds. The van der Waals surface area contributed by atoms with Gasteiger partial charge in [0, 0.05) is 11.6 Å². The minimum Gasteiger partial charge on any atom is -0.497 e. The smallest absolute Gasteiger partial charge is 0.119 e. The summed E-state index contributed by atoms with van der Waals surface area (Å²) in [5.74, 6) is 0.902. The van der Waals surface area contributed by atoms with Crippen molar-refractivity contribution in [3.63, 3.8) is 0 Å². The Kier molecular flexibility index (Phi) is 5.04. The minimum absolute atomic E-state index is 0.283. The molecule has 1 N–H and O–H groups in total. The molecule has 3 nitrogen and oxygen atoms in total. The molecule has 1 unspecified atom stereocenters. The Bertz CT molecular complexity index is 479. The van der Waals surface area contributed by atoms with Gasteiger partial charge in [-0.15, -0.1) is 0 Å². The van der Waals surface area contributed by atoms with Gasteiger partial charge >= 0.3 is 0 Å². The van der Waals surface area contributed by atoms with Crippen LogP contribution in [0.1, 0.15) is 30.5 Å². The topological polar surface area (TPSA) is 34.4 Å². The van der Waals surface area contributed by atoms with Gasteiger partial charge in [-0.05, 0) is 43.1 Å². The van der Waals surface area contributed by atoms with Crippen molar-refractivity contribution in [3.8, 4) is 5.75 Å². The van der Waals surface area contributed by atoms with E-state index in [1.54, 1.807) is 13.4 Å². The van der Waals surface area contributed by atoms with E-state index < -0.39 is 0 Å². The lowest BCUT2D eigenvalue weighted by Crippen LogP contribution is -2.23. The highest BCUT2D eigenvalue weighted by atomic mass is 16.5. The van der Waals surface area contributed by atoms with Crippen molar-refractivity contribution >= 4 is 0 Å². The van der Waals surface area contributed by atoms with E-state index in [9.17, 15) is 0 Å². The Morgan fingerprint density at radius 1 is 1.32 bits per heavy atom. The van der Waals surface area contributed by atoms with Crippen LogP contribution in [-0.2, 0) is 6.42 Å². The number of ether oxygens (including phenoxy) is 1. The van der Waals surface area contributed by atoms with Gasteiger partial charge in [0.25, 0.3) is 0 Å². The highest BCUT2D eigenvalue weighted by molar-refractivity contribution is 5.30. The Labute approximate surface area is 114 Å². The van der Waals surface area contributed by atoms with Crippen molar-refractivity contribution in [2.24, 2.45) is 0 Å². The fourth-order valence-electron chi connectivity index (χ4n) is 2.13. The molecule has 1 atom stereocenters. The van der Waals surface area contributed by atoms with Crippen molar-refractivity contribution in [2.75, 3.05) is 13.7 Å². The molecule has 0 spiro atoms. The van der Waals surface area contributed by atoms with E-state index in [4.69, 9.17) is 9.15 Å². The van der Waals surface area contributed by atoms with E-state index in [2.05, 4.69) is 24.4 Å². The van der Waals surface area contributed by atoms with E-state index in [0.29, 0.717) is 0 Å². The third kappa shape index (κ3) is 3.86. The Morgan fingerprint density at radius 3 is 2.89 bits per heavy atom. The molecular weight excluding hydrogens is 238 g/mol. The second-order valence-corrected chi connectivity index (χ2v) is 4.62. The second kappa shape index (κ2) is 7.00. The summed E-state index contributed by atoms with van der Waals surface area (Å²) in [6, 6.07) is 10.5. The third-order valence-electron chi connectivity index (χ3n) is 3.16. The Balaban J connectivity index is 2.10. The number of furan rings is 1. The van der Waals surface area contributed by atoms with Crippen LogP contribution < -0.4 is 10.1 Å². The van der Waals surface area contributed by atoms with Gasteiger partial charge in [-0.3, -0.25) is 0 Å². The maximum absolute atomic E-state index is 5.27. The maximum Gasteiger partial charge on any atom is 0.119 e. The van der Waals surface area contributed by atoms with Gasteiger partial charge in [0.1, 0.15) is 5.75 Å². The molecule has 0 saturated carbocycles. The van der Waals surface area contributed by atoms with Gasteiger partial charge in [-0.2, -0.15) is 0 Å². The highest BCUT2D eigenvalue weighted by Crippen LogP contribution is 2.21. The molecule has 19 heavy (non-hydrogen) atoms. The fraction of sp³-hybridized carbons (Fsp3) is 0.375. The van der Waals surface area contributed by atoms with E-state index >= 15 is 0 Å². The average Bonchev–Trinajstić information content (AvgIpc) is 2.97. The number of benzene rings is 1. The lowest BCUT2D eigenvalue weighted by Gasteiger charge is -2.17. The number of methoxy groups -OCH3 is 1. The van der Waals surface area contributed by atoms with Crippen LogP contribution in [0.25, 0.3) is 0 Å². The summed E-state index contributed by atoms with van der Waals surface area (Å²) in [6.45, 7) is 3.17. The molecule has 0 aliphatic rings. The summed E-state index contributed by atoms with van der Waals surface area (Å²) in [7, 11) is 1.70. The molecule has 0 aliphatic carbocycles. The van der Waals surface area contributed by atoms with Gasteiger partial charge in [0.15, 0.2) is 0 Å². The Hall–Kier alpha value is -1.74. The number of hydrogen-bond acceptors (Lipinski definition) is 3. The molecule has 2 rings (SSSR count). The van der Waals surface area contributed by atoms with Crippen LogP contribution in [0.15, 0.2) is 47.3 Å². The van der Waals surface area contributed by atoms with E-state index in [-0.39, 0.29) is 6.04 Å². The monoisotopic (exact) mass is 259 g/mol. The van der Waals surface area contributed by atoms with Crippen molar-refractivity contribution < 1.29 is 9.15 Å². The number of rotatable bonds is 7. The van der Waals surface area contributed by atoms with Crippen LogP contribution in [0.5, 0.6) is 5.75 Å². The summed E-state index contributed by atoms with van der Waals surface area (Å²) in [5, 5.41) is 3.56. The van der Waals surface area contributed by atoms with Crippen molar-refractivity contribution in [1.82, 2.24) is 5.32 Å². The van der Waals surface area contributed by atoms with Gasteiger partial charge < -0.3 is 14.5 Å². The SMILES string of the molecule is CCCNC(Cc1cccc(OC)c1)c1ccoc1. The maximum atomic E-state index is 5.27. The van der Waals surface area contributed by atoms with Gasteiger partial charge in [0.2, 0.25) is 0 Å². The van der Waals surface area contributed by atoms with E-state index in [0.717, 1.165) is 25.1 Å². The molecule has 1 heterocycles. The van der Waals surface area contributed by atoms with Crippen molar-refractivity contribution in [3.05, 3.63) is 54.0 Å². The molecule has 0 bridgehead atoms. The van der Waals surface area contributed by atoms with Crippen LogP contribution in [0.4, 0.5) is 0 Å². The van der Waals surface area contributed by atoms with E-state index in [1.165, 1.54) is 11.1 Å². The molecule has 2 aromatic rings. The zero-order chi connectivity index (χ0) is 13.5. The first-order chi connectivity index (χ1) is 9.33. The molecule has 1 aromatic heterocycles. The zero-order valence-corrected chi connectivity index (χ0v) is 11.6. The fourth-order valence-corrected chi connectivity index (χ4v) is 2.13. The first kappa shape index (κ1) is 13.7. The molecule has 1 aromatic carbocycles. The lowest BCUT2D eigenvalue weighted by molar-refractivity contribution is 0.413. The number of nitrogens with one attached hydrogen (secondary N) is 1. The summed E-state index contributed by atoms with van der Waals surface area (Å²) < 4.78 is 10.5. The average molecular weight is 259 g/mol. The van der Waals surface area contributed by atoms with Crippen molar-refractivity contribution in [2.45, 2.75) is 25.8 Å². The van der Waals surface area contributed by atoms with Gasteiger partial charge in [0.05, 0.1) is 19.6 Å². The largest absolute Gasteiger partial charge is 0.497 e. The highest BCUT2D eigenvalue weighted by Gasteiger charge is 2.13. The molecular formula is C16H21NO2. The predicted octanol–water partition coefficient (Wildman–Crippen LogP) is 3.57. The molecule has 0 aliphatic heterocycles. The van der Waals surface area contributed by atoms with Crippen LogP contribution in [-0.4, -0.2) is 13.7 Å². The summed E-state index contributed by atoms with van der Waals surface area (Å²) in [4.78, 5) is 0. The molecule has 0 saturated heterocycles. The second-order valence-electron chi connectivity index (χ2n) is 4.62. The minimum atomic E-state index is 0.283. The van der Waals surface area contributed by atoms with Crippen LogP contribution >= 0.6 is 0 Å². The van der Waals surface area contributed by atoms with Gasteiger partial charge in [-0.25, -0.2) is 0 Å². The van der Waals surface area contributed by atoms with Crippen LogP contribution in [0.3, 0.4) is 0 Å². The quantitative estimate of drug-likeness (QED) is 0.825. The first-order valence-electron chi connectivity index (χ1n) is 6.72. The van der Waals surface area contributed by atoms with Crippen molar-refractivity contribution in [1.29, 1.82) is 0 Å². The van der Waals surface area contributed by atoms with Crippen LogP contribution in [0.2, 0.25) is 0 Å². The predicted molar refractivity (Wildman–Crippen MR) is 76.4 cm³/mol. The summed E-state index contributed by atoms with van der Waals surface area (Å²) in [6.07, 6.45) is 5.58. The molecule has 3 heteroatoms. The Morgan fingerprint density at radius 2 is 2.21 bits per heavy atom. The zero-order valence-electron chi connectivity index (χ0n) is 11.6.